The van der Waals surface area contributed by atoms with Gasteiger partial charge >= 0.3 is 0 Å². The normalized spacial score (nSPS) is 10.7. The molecule has 0 saturated heterocycles. The second-order valence-corrected chi connectivity index (χ2v) is 6.47. The number of aromatic nitrogens is 2. The molecule has 0 spiro atoms. The molecule has 1 aromatic heterocycles. The third-order valence-electron chi connectivity index (χ3n) is 4.47. The number of anilines is 1. The van der Waals surface area contributed by atoms with Crippen molar-refractivity contribution in [1.29, 1.82) is 0 Å². The van der Waals surface area contributed by atoms with Crippen LogP contribution >= 0.6 is 0 Å². The van der Waals surface area contributed by atoms with Crippen LogP contribution < -0.4 is 9.64 Å². The molecule has 2 N–H and O–H groups in total. The Bertz CT molecular complexity index is 890. The number of aliphatic hydroxyl groups is 2. The van der Waals surface area contributed by atoms with Crippen molar-refractivity contribution in [3.05, 3.63) is 60.2 Å². The summed E-state index contributed by atoms with van der Waals surface area (Å²) in [4.78, 5) is 11.2. The lowest BCUT2D eigenvalue weighted by atomic mass is 10.1. The first-order valence-corrected chi connectivity index (χ1v) is 9.22. The summed E-state index contributed by atoms with van der Waals surface area (Å²) in [7, 11) is 1.63. The molecule has 0 aliphatic carbocycles. The fourth-order valence-corrected chi connectivity index (χ4v) is 2.91. The number of nitrogens with zero attached hydrogens (tertiary/aromatic N) is 3. The Labute approximate surface area is 165 Å². The van der Waals surface area contributed by atoms with Gasteiger partial charge in [-0.3, -0.25) is 0 Å². The number of benzene rings is 2. The molecule has 6 heteroatoms. The van der Waals surface area contributed by atoms with Crippen LogP contribution in [0.4, 0.5) is 5.95 Å². The van der Waals surface area contributed by atoms with E-state index in [1.54, 1.807) is 12.0 Å². The number of hydrogen-bond donors (Lipinski definition) is 2. The summed E-state index contributed by atoms with van der Waals surface area (Å²) < 4.78 is 5.24. The molecule has 1 heterocycles. The maximum atomic E-state index is 9.39. The van der Waals surface area contributed by atoms with Gasteiger partial charge in [0.05, 0.1) is 31.7 Å². The first-order chi connectivity index (χ1) is 13.6. The maximum absolute atomic E-state index is 9.39. The highest BCUT2D eigenvalue weighted by Gasteiger charge is 2.14. The standard InChI is InChI=1S/C22H25N3O3/c1-16-3-5-17(6-4-16)20-15-21(18-7-9-19(28-2)10-8-18)24-22(23-20)25(11-13-26)12-14-27/h3-10,15,26-27H,11-14H2,1-2H3. The highest BCUT2D eigenvalue weighted by molar-refractivity contribution is 5.70. The van der Waals surface area contributed by atoms with Crippen LogP contribution in [0.3, 0.4) is 0 Å². The number of methoxy groups -OCH3 is 1. The summed E-state index contributed by atoms with van der Waals surface area (Å²) in [5.74, 6) is 1.26. The molecular weight excluding hydrogens is 354 g/mol. The largest absolute Gasteiger partial charge is 0.497 e. The lowest BCUT2D eigenvalue weighted by molar-refractivity contribution is 0.280. The molecule has 28 heavy (non-hydrogen) atoms. The molecule has 0 bridgehead atoms. The van der Waals surface area contributed by atoms with E-state index < -0.39 is 0 Å². The number of ether oxygens (including phenoxy) is 1. The zero-order valence-corrected chi connectivity index (χ0v) is 16.2. The van der Waals surface area contributed by atoms with Crippen LogP contribution in [-0.4, -0.2) is 53.6 Å². The summed E-state index contributed by atoms with van der Waals surface area (Å²) in [5.41, 5.74) is 4.65. The molecule has 0 fully saturated rings. The van der Waals surface area contributed by atoms with E-state index in [9.17, 15) is 10.2 Å². The summed E-state index contributed by atoms with van der Waals surface area (Å²) in [5, 5.41) is 18.8. The van der Waals surface area contributed by atoms with E-state index in [1.807, 2.05) is 61.5 Å². The van der Waals surface area contributed by atoms with Crippen molar-refractivity contribution in [2.75, 3.05) is 38.3 Å². The van der Waals surface area contributed by atoms with Gasteiger partial charge in [-0.1, -0.05) is 29.8 Å². The van der Waals surface area contributed by atoms with Gasteiger partial charge in [-0.15, -0.1) is 0 Å². The van der Waals surface area contributed by atoms with Crippen molar-refractivity contribution in [1.82, 2.24) is 9.97 Å². The maximum Gasteiger partial charge on any atom is 0.226 e. The van der Waals surface area contributed by atoms with Crippen LogP contribution in [0.2, 0.25) is 0 Å². The van der Waals surface area contributed by atoms with Gasteiger partial charge in [-0.2, -0.15) is 0 Å². The molecule has 0 unspecified atom stereocenters. The number of aryl methyl sites for hydroxylation is 1. The molecule has 0 aliphatic heterocycles. The lowest BCUT2D eigenvalue weighted by Crippen LogP contribution is -2.31. The monoisotopic (exact) mass is 379 g/mol. The van der Waals surface area contributed by atoms with Crippen LogP contribution in [0.15, 0.2) is 54.6 Å². The Morgan fingerprint density at radius 3 is 1.79 bits per heavy atom. The summed E-state index contributed by atoms with van der Waals surface area (Å²) in [6, 6.07) is 17.8. The molecule has 6 nitrogen and oxygen atoms in total. The van der Waals surface area contributed by atoms with Crippen molar-refractivity contribution in [3.63, 3.8) is 0 Å². The Morgan fingerprint density at radius 1 is 0.821 bits per heavy atom. The van der Waals surface area contributed by atoms with E-state index in [4.69, 9.17) is 14.7 Å². The van der Waals surface area contributed by atoms with Crippen molar-refractivity contribution in [2.24, 2.45) is 0 Å². The number of rotatable bonds is 8. The van der Waals surface area contributed by atoms with Crippen molar-refractivity contribution in [3.8, 4) is 28.3 Å². The molecule has 0 atom stereocenters. The summed E-state index contributed by atoms with van der Waals surface area (Å²) in [6.07, 6.45) is 0. The molecule has 2 aromatic carbocycles. The SMILES string of the molecule is COc1ccc(-c2cc(-c3ccc(C)cc3)nc(N(CCO)CCO)n2)cc1. The Balaban J connectivity index is 2.10. The second kappa shape index (κ2) is 9.30. The fraction of sp³-hybridized carbons (Fsp3) is 0.273. The van der Waals surface area contributed by atoms with Gasteiger partial charge in [0.1, 0.15) is 5.75 Å². The van der Waals surface area contributed by atoms with E-state index >= 15 is 0 Å². The van der Waals surface area contributed by atoms with Crippen molar-refractivity contribution >= 4 is 5.95 Å². The van der Waals surface area contributed by atoms with E-state index in [2.05, 4.69) is 0 Å². The fourth-order valence-electron chi connectivity index (χ4n) is 2.91. The minimum Gasteiger partial charge on any atom is -0.497 e. The Kier molecular flexibility index (Phi) is 6.57. The lowest BCUT2D eigenvalue weighted by Gasteiger charge is -2.22. The van der Waals surface area contributed by atoms with Gasteiger partial charge in [0.25, 0.3) is 0 Å². The minimum absolute atomic E-state index is 0.0456. The van der Waals surface area contributed by atoms with E-state index in [1.165, 1.54) is 5.56 Å². The Morgan fingerprint density at radius 2 is 1.32 bits per heavy atom. The van der Waals surface area contributed by atoms with Crippen LogP contribution in [0.1, 0.15) is 5.56 Å². The van der Waals surface area contributed by atoms with Gasteiger partial charge < -0.3 is 19.8 Å². The molecular formula is C22H25N3O3. The van der Waals surface area contributed by atoms with Gasteiger partial charge in [0, 0.05) is 24.2 Å². The average Bonchev–Trinajstić information content (AvgIpc) is 2.74. The molecule has 0 amide bonds. The molecule has 0 saturated carbocycles. The van der Waals surface area contributed by atoms with Crippen molar-refractivity contribution in [2.45, 2.75) is 6.92 Å². The molecule has 3 rings (SSSR count). The van der Waals surface area contributed by atoms with Gasteiger partial charge in [-0.05, 0) is 37.3 Å². The average molecular weight is 379 g/mol. The van der Waals surface area contributed by atoms with Crippen molar-refractivity contribution < 1.29 is 14.9 Å². The highest BCUT2D eigenvalue weighted by atomic mass is 16.5. The van der Waals surface area contributed by atoms with Gasteiger partial charge in [0.15, 0.2) is 0 Å². The van der Waals surface area contributed by atoms with Gasteiger partial charge in [-0.25, -0.2) is 9.97 Å². The van der Waals surface area contributed by atoms with Crippen LogP contribution in [0.25, 0.3) is 22.5 Å². The molecule has 0 aliphatic rings. The molecule has 0 radical (unpaired) electrons. The molecule has 146 valence electrons. The zero-order valence-electron chi connectivity index (χ0n) is 16.2. The van der Waals surface area contributed by atoms with Gasteiger partial charge in [0.2, 0.25) is 5.95 Å². The second-order valence-electron chi connectivity index (χ2n) is 6.47. The molecule has 3 aromatic rings. The quantitative estimate of drug-likeness (QED) is 0.627. The predicted octanol–water partition coefficient (Wildman–Crippen LogP) is 2.92. The van der Waals surface area contributed by atoms with E-state index in [0.717, 1.165) is 28.3 Å². The topological polar surface area (TPSA) is 78.7 Å². The number of hydrogen-bond acceptors (Lipinski definition) is 6. The third kappa shape index (κ3) is 4.65. The Hall–Kier alpha value is -2.96. The third-order valence-corrected chi connectivity index (χ3v) is 4.47. The minimum atomic E-state index is -0.0456. The number of aliphatic hydroxyl groups excluding tert-OH is 2. The summed E-state index contributed by atoms with van der Waals surface area (Å²) >= 11 is 0. The van der Waals surface area contributed by atoms with E-state index in [0.29, 0.717) is 19.0 Å². The first kappa shape index (κ1) is 19.8. The van der Waals surface area contributed by atoms with E-state index in [-0.39, 0.29) is 13.2 Å². The predicted molar refractivity (Wildman–Crippen MR) is 111 cm³/mol. The highest BCUT2D eigenvalue weighted by Crippen LogP contribution is 2.27. The van der Waals surface area contributed by atoms with Crippen LogP contribution in [0, 0.1) is 6.92 Å². The zero-order chi connectivity index (χ0) is 19.9. The summed E-state index contributed by atoms with van der Waals surface area (Å²) in [6.45, 7) is 2.65. The van der Waals surface area contributed by atoms with Crippen LogP contribution in [-0.2, 0) is 0 Å². The smallest absolute Gasteiger partial charge is 0.226 e. The van der Waals surface area contributed by atoms with Crippen LogP contribution in [0.5, 0.6) is 5.75 Å². The first-order valence-electron chi connectivity index (χ1n) is 9.22.